The number of halogens is 1. The molecule has 1 unspecified atom stereocenters. The Morgan fingerprint density at radius 1 is 1.24 bits per heavy atom. The van der Waals surface area contributed by atoms with Crippen LogP contribution < -0.4 is 11.1 Å². The number of carbonyl (C=O) groups excluding carboxylic acids is 1. The lowest BCUT2D eigenvalue weighted by atomic mass is 10.0. The fourth-order valence-electron chi connectivity index (χ4n) is 2.13. The molecule has 0 aliphatic carbocycles. The maximum Gasteiger partial charge on any atom is 0.246 e. The molecule has 0 bridgehead atoms. The van der Waals surface area contributed by atoms with Gasteiger partial charge < -0.3 is 15.8 Å². The first-order chi connectivity index (χ1) is 9.74. The fourth-order valence-corrected chi connectivity index (χ4v) is 2.13. The number of benzene rings is 2. The molecule has 0 aliphatic heterocycles. The minimum atomic E-state index is -0.187. The van der Waals surface area contributed by atoms with Gasteiger partial charge >= 0.3 is 0 Å². The van der Waals surface area contributed by atoms with E-state index >= 15 is 0 Å². The summed E-state index contributed by atoms with van der Waals surface area (Å²) in [5.74, 6) is -0.143. The van der Waals surface area contributed by atoms with Crippen molar-refractivity contribution in [3.05, 3.63) is 48.0 Å². The molecule has 0 saturated carbocycles. The smallest absolute Gasteiger partial charge is 0.246 e. The second-order valence-corrected chi connectivity index (χ2v) is 4.60. The molecule has 1 atom stereocenters. The minimum Gasteiger partial charge on any atom is -0.372 e. The van der Waals surface area contributed by atoms with Crippen LogP contribution in [0.1, 0.15) is 18.5 Å². The molecule has 2 aromatic carbocycles. The Bertz CT molecular complexity index is 589. The molecule has 114 valence electrons. The Kier molecular flexibility index (Phi) is 7.15. The van der Waals surface area contributed by atoms with Crippen molar-refractivity contribution < 1.29 is 9.53 Å². The average molecular weight is 309 g/mol. The number of hydrogen-bond donors (Lipinski definition) is 2. The SMILES string of the molecule is CCOCC(=O)NC(CN)c1ccc2ccccc2c1.Cl. The van der Waals surface area contributed by atoms with Crippen LogP contribution in [-0.2, 0) is 9.53 Å². The molecule has 0 aliphatic rings. The summed E-state index contributed by atoms with van der Waals surface area (Å²) >= 11 is 0. The largest absolute Gasteiger partial charge is 0.372 e. The molecule has 0 aromatic heterocycles. The van der Waals surface area contributed by atoms with Crippen molar-refractivity contribution in [2.45, 2.75) is 13.0 Å². The van der Waals surface area contributed by atoms with Gasteiger partial charge in [0.1, 0.15) is 6.61 Å². The normalized spacial score (nSPS) is 11.7. The summed E-state index contributed by atoms with van der Waals surface area (Å²) < 4.78 is 5.09. The molecule has 5 heteroatoms. The second-order valence-electron chi connectivity index (χ2n) is 4.60. The van der Waals surface area contributed by atoms with Crippen molar-refractivity contribution in [1.82, 2.24) is 5.32 Å². The monoisotopic (exact) mass is 308 g/mol. The third kappa shape index (κ3) is 4.70. The van der Waals surface area contributed by atoms with Crippen molar-refractivity contribution in [3.8, 4) is 0 Å². The van der Waals surface area contributed by atoms with E-state index in [0.717, 1.165) is 10.9 Å². The molecule has 21 heavy (non-hydrogen) atoms. The molecule has 2 aromatic rings. The van der Waals surface area contributed by atoms with Crippen molar-refractivity contribution >= 4 is 29.1 Å². The third-order valence-electron chi connectivity index (χ3n) is 3.18. The van der Waals surface area contributed by atoms with Crippen LogP contribution in [0.5, 0.6) is 0 Å². The van der Waals surface area contributed by atoms with E-state index in [1.54, 1.807) is 0 Å². The molecular formula is C16H21ClN2O2. The second kappa shape index (κ2) is 8.62. The van der Waals surface area contributed by atoms with Crippen molar-refractivity contribution in [1.29, 1.82) is 0 Å². The highest BCUT2D eigenvalue weighted by Crippen LogP contribution is 2.20. The Morgan fingerprint density at radius 3 is 2.62 bits per heavy atom. The molecule has 1 amide bonds. The maximum absolute atomic E-state index is 11.7. The van der Waals surface area contributed by atoms with Crippen LogP contribution in [0.25, 0.3) is 10.8 Å². The Labute approximate surface area is 131 Å². The molecule has 0 spiro atoms. The lowest BCUT2D eigenvalue weighted by Crippen LogP contribution is -2.35. The van der Waals surface area contributed by atoms with Crippen LogP contribution in [0.15, 0.2) is 42.5 Å². The summed E-state index contributed by atoms with van der Waals surface area (Å²) in [5.41, 5.74) is 6.78. The Balaban J connectivity index is 0.00000220. The first-order valence-electron chi connectivity index (χ1n) is 6.80. The molecule has 0 radical (unpaired) electrons. The van der Waals surface area contributed by atoms with Crippen LogP contribution in [0, 0.1) is 0 Å². The summed E-state index contributed by atoms with van der Waals surface area (Å²) in [4.78, 5) is 11.7. The summed E-state index contributed by atoms with van der Waals surface area (Å²) in [6, 6.07) is 14.0. The average Bonchev–Trinajstić information content (AvgIpc) is 2.50. The topological polar surface area (TPSA) is 64.3 Å². The molecule has 3 N–H and O–H groups in total. The van der Waals surface area contributed by atoms with Gasteiger partial charge in [-0.25, -0.2) is 0 Å². The molecule has 4 nitrogen and oxygen atoms in total. The quantitative estimate of drug-likeness (QED) is 0.861. The fraction of sp³-hybridized carbons (Fsp3) is 0.312. The molecular weight excluding hydrogens is 288 g/mol. The van der Waals surface area contributed by atoms with Gasteiger partial charge in [-0.05, 0) is 29.3 Å². The van der Waals surface area contributed by atoms with Gasteiger partial charge in [-0.3, -0.25) is 4.79 Å². The van der Waals surface area contributed by atoms with E-state index in [0.29, 0.717) is 13.2 Å². The number of carbonyl (C=O) groups is 1. The Morgan fingerprint density at radius 2 is 1.95 bits per heavy atom. The van der Waals surface area contributed by atoms with E-state index in [4.69, 9.17) is 10.5 Å². The summed E-state index contributed by atoms with van der Waals surface area (Å²) in [6.45, 7) is 2.81. The van der Waals surface area contributed by atoms with Crippen LogP contribution in [0.2, 0.25) is 0 Å². The predicted octanol–water partition coefficient (Wildman–Crippen LogP) is 2.41. The van der Waals surface area contributed by atoms with E-state index in [-0.39, 0.29) is 31.0 Å². The maximum atomic E-state index is 11.7. The number of fused-ring (bicyclic) bond motifs is 1. The van der Waals surface area contributed by atoms with E-state index in [9.17, 15) is 4.79 Å². The van der Waals surface area contributed by atoms with Gasteiger partial charge in [0, 0.05) is 13.2 Å². The zero-order valence-electron chi connectivity index (χ0n) is 12.0. The van der Waals surface area contributed by atoms with Crippen LogP contribution >= 0.6 is 12.4 Å². The summed E-state index contributed by atoms with van der Waals surface area (Å²) in [7, 11) is 0. The van der Waals surface area contributed by atoms with E-state index in [1.165, 1.54) is 5.39 Å². The zero-order chi connectivity index (χ0) is 14.4. The Hall–Kier alpha value is -1.62. The van der Waals surface area contributed by atoms with Crippen LogP contribution in [0.3, 0.4) is 0 Å². The highest BCUT2D eigenvalue weighted by molar-refractivity contribution is 5.85. The van der Waals surface area contributed by atoms with E-state index in [2.05, 4.69) is 23.5 Å². The van der Waals surface area contributed by atoms with E-state index < -0.39 is 0 Å². The van der Waals surface area contributed by atoms with E-state index in [1.807, 2.05) is 31.2 Å². The number of nitrogens with one attached hydrogen (secondary N) is 1. The van der Waals surface area contributed by atoms with Gasteiger partial charge in [0.2, 0.25) is 5.91 Å². The highest BCUT2D eigenvalue weighted by atomic mass is 35.5. The van der Waals surface area contributed by atoms with Gasteiger partial charge in [0.05, 0.1) is 6.04 Å². The highest BCUT2D eigenvalue weighted by Gasteiger charge is 2.13. The lowest BCUT2D eigenvalue weighted by molar-refractivity contribution is -0.126. The number of ether oxygens (including phenoxy) is 1. The number of amides is 1. The van der Waals surface area contributed by atoms with Crippen molar-refractivity contribution in [2.24, 2.45) is 5.73 Å². The molecule has 0 heterocycles. The van der Waals surface area contributed by atoms with Gasteiger partial charge in [0.25, 0.3) is 0 Å². The minimum absolute atomic E-state index is 0. The van der Waals surface area contributed by atoms with Gasteiger partial charge in [-0.15, -0.1) is 12.4 Å². The molecule has 0 fully saturated rings. The van der Waals surface area contributed by atoms with Gasteiger partial charge in [-0.1, -0.05) is 36.4 Å². The third-order valence-corrected chi connectivity index (χ3v) is 3.18. The van der Waals surface area contributed by atoms with Crippen molar-refractivity contribution in [2.75, 3.05) is 19.8 Å². The standard InChI is InChI=1S/C16H20N2O2.ClH/c1-2-20-11-16(19)18-15(10-17)14-8-7-12-5-3-4-6-13(12)9-14;/h3-9,15H,2,10-11,17H2,1H3,(H,18,19);1H. The lowest BCUT2D eigenvalue weighted by Gasteiger charge is -2.18. The van der Waals surface area contributed by atoms with Crippen LogP contribution in [-0.4, -0.2) is 25.7 Å². The van der Waals surface area contributed by atoms with Crippen molar-refractivity contribution in [3.63, 3.8) is 0 Å². The number of nitrogens with two attached hydrogens (primary N) is 1. The predicted molar refractivity (Wildman–Crippen MR) is 87.6 cm³/mol. The first kappa shape index (κ1) is 17.4. The number of rotatable bonds is 6. The summed E-state index contributed by atoms with van der Waals surface area (Å²) in [6.07, 6.45) is 0. The summed E-state index contributed by atoms with van der Waals surface area (Å²) in [5, 5.41) is 5.21. The van der Waals surface area contributed by atoms with Gasteiger partial charge in [0.15, 0.2) is 0 Å². The molecule has 2 rings (SSSR count). The molecule has 0 saturated heterocycles. The zero-order valence-corrected chi connectivity index (χ0v) is 12.9. The first-order valence-corrected chi connectivity index (χ1v) is 6.80. The number of hydrogen-bond acceptors (Lipinski definition) is 3. The van der Waals surface area contributed by atoms with Gasteiger partial charge in [-0.2, -0.15) is 0 Å². The van der Waals surface area contributed by atoms with Crippen LogP contribution in [0.4, 0.5) is 0 Å².